The van der Waals surface area contributed by atoms with Crippen LogP contribution in [-0.4, -0.2) is 41.3 Å². The number of carbonyl (C=O) groups excluding carboxylic acids is 2. The number of amides is 2. The number of likely N-dealkylation sites (N-methyl/N-ethyl adjacent to an activating group) is 1. The number of nitrogens with zero attached hydrogens (tertiary/aromatic N) is 1. The van der Waals surface area contributed by atoms with Gasteiger partial charge in [-0.3, -0.25) is 9.59 Å². The molecule has 112 valence electrons. The summed E-state index contributed by atoms with van der Waals surface area (Å²) in [6.45, 7) is 0.0152. The molecule has 6 heteroatoms. The molecule has 1 aromatic rings. The number of benzene rings is 1. The molecule has 1 atom stereocenters. The number of hydrogen-bond donors (Lipinski definition) is 2. The van der Waals surface area contributed by atoms with E-state index >= 15 is 0 Å². The SMILES string of the molecule is CN(CC(=O)NC1CC1)C(=O)C(C(N)=S)c1ccccc1. The maximum absolute atomic E-state index is 12.5. The van der Waals surface area contributed by atoms with Gasteiger partial charge in [-0.25, -0.2) is 0 Å². The predicted octanol–water partition coefficient (Wildman–Crippen LogP) is 0.793. The van der Waals surface area contributed by atoms with Crippen LogP contribution in [-0.2, 0) is 9.59 Å². The van der Waals surface area contributed by atoms with Gasteiger partial charge in [-0.05, 0) is 18.4 Å². The lowest BCUT2D eigenvalue weighted by molar-refractivity contribution is -0.134. The minimum Gasteiger partial charge on any atom is -0.392 e. The Morgan fingerprint density at radius 3 is 2.52 bits per heavy atom. The summed E-state index contributed by atoms with van der Waals surface area (Å²) in [6.07, 6.45) is 2.03. The van der Waals surface area contributed by atoms with Crippen molar-refractivity contribution in [1.82, 2.24) is 10.2 Å². The smallest absolute Gasteiger partial charge is 0.239 e. The van der Waals surface area contributed by atoms with Crippen LogP contribution < -0.4 is 11.1 Å². The van der Waals surface area contributed by atoms with Crippen LogP contribution in [0.1, 0.15) is 24.3 Å². The Kier molecular flexibility index (Phi) is 4.90. The standard InChI is InChI=1S/C15H19N3O2S/c1-18(9-12(19)17-11-7-8-11)15(20)13(14(16)21)10-5-3-2-4-6-10/h2-6,11,13H,7-9H2,1H3,(H2,16,21)(H,17,19). The summed E-state index contributed by atoms with van der Waals surface area (Å²) in [7, 11) is 1.59. The maximum Gasteiger partial charge on any atom is 0.239 e. The van der Waals surface area contributed by atoms with Gasteiger partial charge in [0.2, 0.25) is 11.8 Å². The third kappa shape index (κ3) is 4.26. The van der Waals surface area contributed by atoms with Gasteiger partial charge in [0.15, 0.2) is 0 Å². The van der Waals surface area contributed by atoms with Crippen molar-refractivity contribution in [1.29, 1.82) is 0 Å². The van der Waals surface area contributed by atoms with Crippen molar-refractivity contribution in [2.24, 2.45) is 5.73 Å². The third-order valence-corrected chi connectivity index (χ3v) is 3.60. The maximum atomic E-state index is 12.5. The second-order valence-corrected chi connectivity index (χ2v) is 5.75. The summed E-state index contributed by atoms with van der Waals surface area (Å²) in [4.78, 5) is 25.7. The monoisotopic (exact) mass is 305 g/mol. The molecule has 1 fully saturated rings. The molecule has 21 heavy (non-hydrogen) atoms. The highest BCUT2D eigenvalue weighted by Gasteiger charge is 2.29. The highest BCUT2D eigenvalue weighted by Crippen LogP contribution is 2.20. The molecule has 1 aromatic carbocycles. The van der Waals surface area contributed by atoms with Gasteiger partial charge < -0.3 is 16.0 Å². The average Bonchev–Trinajstić information content (AvgIpc) is 3.23. The molecule has 0 bridgehead atoms. The van der Waals surface area contributed by atoms with Crippen molar-refractivity contribution in [3.8, 4) is 0 Å². The summed E-state index contributed by atoms with van der Waals surface area (Å²) >= 11 is 5.02. The zero-order valence-electron chi connectivity index (χ0n) is 11.9. The van der Waals surface area contributed by atoms with E-state index in [1.807, 2.05) is 18.2 Å². The molecule has 0 saturated heterocycles. The lowest BCUT2D eigenvalue weighted by atomic mass is 9.97. The summed E-state index contributed by atoms with van der Waals surface area (Å²) in [5.41, 5.74) is 6.45. The van der Waals surface area contributed by atoms with E-state index in [9.17, 15) is 9.59 Å². The number of hydrogen-bond acceptors (Lipinski definition) is 3. The van der Waals surface area contributed by atoms with Gasteiger partial charge in [0.25, 0.3) is 0 Å². The van der Waals surface area contributed by atoms with Crippen molar-refractivity contribution >= 4 is 29.0 Å². The summed E-state index contributed by atoms with van der Waals surface area (Å²) in [6, 6.07) is 9.40. The molecule has 0 heterocycles. The Morgan fingerprint density at radius 1 is 1.38 bits per heavy atom. The molecule has 3 N–H and O–H groups in total. The van der Waals surface area contributed by atoms with E-state index in [-0.39, 0.29) is 29.4 Å². The molecule has 2 rings (SSSR count). The molecule has 0 aromatic heterocycles. The lowest BCUT2D eigenvalue weighted by Gasteiger charge is -2.23. The fraction of sp³-hybridized carbons (Fsp3) is 0.400. The van der Waals surface area contributed by atoms with Gasteiger partial charge >= 0.3 is 0 Å². The van der Waals surface area contributed by atoms with Crippen molar-refractivity contribution < 1.29 is 9.59 Å². The number of carbonyl (C=O) groups is 2. The summed E-state index contributed by atoms with van der Waals surface area (Å²) in [5, 5.41) is 2.85. The quantitative estimate of drug-likeness (QED) is 0.762. The highest BCUT2D eigenvalue weighted by molar-refractivity contribution is 7.80. The van der Waals surface area contributed by atoms with E-state index in [4.69, 9.17) is 18.0 Å². The van der Waals surface area contributed by atoms with Crippen LogP contribution in [0.2, 0.25) is 0 Å². The lowest BCUT2D eigenvalue weighted by Crippen LogP contribution is -2.43. The Labute approximate surface area is 129 Å². The molecular formula is C15H19N3O2S. The van der Waals surface area contributed by atoms with Crippen LogP contribution >= 0.6 is 12.2 Å². The van der Waals surface area contributed by atoms with E-state index in [0.29, 0.717) is 0 Å². The number of rotatable bonds is 6. The minimum atomic E-state index is -0.695. The normalized spacial score (nSPS) is 15.1. The number of nitrogens with one attached hydrogen (secondary N) is 1. The van der Waals surface area contributed by atoms with E-state index in [2.05, 4.69) is 5.32 Å². The van der Waals surface area contributed by atoms with Crippen molar-refractivity contribution in [3.05, 3.63) is 35.9 Å². The molecule has 1 saturated carbocycles. The summed E-state index contributed by atoms with van der Waals surface area (Å²) < 4.78 is 0. The summed E-state index contributed by atoms with van der Waals surface area (Å²) in [5.74, 6) is -1.11. The van der Waals surface area contributed by atoms with Crippen LogP contribution in [0.15, 0.2) is 30.3 Å². The highest BCUT2D eigenvalue weighted by atomic mass is 32.1. The van der Waals surface area contributed by atoms with Crippen LogP contribution in [0.25, 0.3) is 0 Å². The molecule has 5 nitrogen and oxygen atoms in total. The molecule has 0 aliphatic heterocycles. The van der Waals surface area contributed by atoms with E-state index in [0.717, 1.165) is 18.4 Å². The Hall–Kier alpha value is -1.95. The van der Waals surface area contributed by atoms with Crippen LogP contribution in [0.3, 0.4) is 0 Å². The molecule has 1 aliphatic carbocycles. The predicted molar refractivity (Wildman–Crippen MR) is 84.8 cm³/mol. The first-order chi connectivity index (χ1) is 9.99. The molecule has 1 unspecified atom stereocenters. The topological polar surface area (TPSA) is 75.4 Å². The zero-order valence-corrected chi connectivity index (χ0v) is 12.7. The van der Waals surface area contributed by atoms with Gasteiger partial charge in [0.1, 0.15) is 5.92 Å². The Balaban J connectivity index is 2.03. The van der Waals surface area contributed by atoms with Crippen molar-refractivity contribution in [3.63, 3.8) is 0 Å². The largest absolute Gasteiger partial charge is 0.392 e. The van der Waals surface area contributed by atoms with Gasteiger partial charge in [-0.1, -0.05) is 42.5 Å². The van der Waals surface area contributed by atoms with Gasteiger partial charge in [-0.2, -0.15) is 0 Å². The molecule has 0 radical (unpaired) electrons. The molecular weight excluding hydrogens is 286 g/mol. The van der Waals surface area contributed by atoms with Gasteiger partial charge in [-0.15, -0.1) is 0 Å². The second-order valence-electron chi connectivity index (χ2n) is 5.28. The zero-order chi connectivity index (χ0) is 15.4. The molecule has 1 aliphatic rings. The van der Waals surface area contributed by atoms with Gasteiger partial charge in [0, 0.05) is 13.1 Å². The first-order valence-corrected chi connectivity index (χ1v) is 7.28. The molecule has 2 amide bonds. The van der Waals surface area contributed by atoms with Crippen molar-refractivity contribution in [2.45, 2.75) is 24.8 Å². The Morgan fingerprint density at radius 2 is 2.00 bits per heavy atom. The molecule has 0 spiro atoms. The van der Waals surface area contributed by atoms with Crippen molar-refractivity contribution in [2.75, 3.05) is 13.6 Å². The van der Waals surface area contributed by atoms with Crippen LogP contribution in [0.4, 0.5) is 0 Å². The van der Waals surface area contributed by atoms with E-state index in [1.165, 1.54) is 4.90 Å². The first kappa shape index (κ1) is 15.4. The fourth-order valence-corrected chi connectivity index (χ4v) is 2.33. The van der Waals surface area contributed by atoms with E-state index < -0.39 is 5.92 Å². The minimum absolute atomic E-state index is 0.0152. The van der Waals surface area contributed by atoms with Crippen LogP contribution in [0.5, 0.6) is 0 Å². The van der Waals surface area contributed by atoms with Gasteiger partial charge in [0.05, 0.1) is 11.5 Å². The Bertz CT molecular complexity index is 543. The average molecular weight is 305 g/mol. The van der Waals surface area contributed by atoms with E-state index in [1.54, 1.807) is 19.2 Å². The second kappa shape index (κ2) is 6.67. The fourth-order valence-electron chi connectivity index (χ4n) is 2.09. The third-order valence-electron chi connectivity index (χ3n) is 3.36. The first-order valence-electron chi connectivity index (χ1n) is 6.87. The number of nitrogens with two attached hydrogens (primary N) is 1. The number of thiocarbonyl (C=S) groups is 1. The van der Waals surface area contributed by atoms with Crippen LogP contribution in [0, 0.1) is 0 Å².